The number of ether oxygens (including phenoxy) is 1. The maximum atomic E-state index is 13.1. The standard InChI is InChI=1S/C20H21N4O9P/c25-16-5-8-23(19-18(27)17(26)15(33-19)11-32-34(29,30)31)20(28)24(16)10-13-9-12(4-7-21-13)14-3-1-2-6-22-14/h1-9,15,17-19,26-27H,10-11H2,(H2,29,30,31)/t15-,17+,18?,19-/m1/s1. The van der Waals surface area contributed by atoms with Crippen molar-refractivity contribution in [2.75, 3.05) is 6.61 Å². The van der Waals surface area contributed by atoms with Gasteiger partial charge in [0, 0.05) is 30.2 Å². The first-order chi connectivity index (χ1) is 16.1. The summed E-state index contributed by atoms with van der Waals surface area (Å²) in [6.07, 6.45) is -1.71. The summed E-state index contributed by atoms with van der Waals surface area (Å²) < 4.78 is 22.5. The number of hydrogen-bond donors (Lipinski definition) is 4. The second-order valence-corrected chi connectivity index (χ2v) is 8.75. The van der Waals surface area contributed by atoms with E-state index < -0.39 is 50.2 Å². The summed E-state index contributed by atoms with van der Waals surface area (Å²) in [5.74, 6) is 0. The molecule has 0 radical (unpaired) electrons. The normalized spacial score (nSPS) is 22.7. The predicted octanol–water partition coefficient (Wildman–Crippen LogP) is -0.756. The molecule has 1 aliphatic heterocycles. The molecular formula is C20H21N4O9P. The summed E-state index contributed by atoms with van der Waals surface area (Å²) >= 11 is 0. The smallest absolute Gasteiger partial charge is 0.387 e. The molecule has 0 spiro atoms. The van der Waals surface area contributed by atoms with Gasteiger partial charge in [-0.05, 0) is 24.3 Å². The maximum Gasteiger partial charge on any atom is 0.469 e. The predicted molar refractivity (Wildman–Crippen MR) is 115 cm³/mol. The molecule has 0 amide bonds. The third-order valence-electron chi connectivity index (χ3n) is 5.21. The van der Waals surface area contributed by atoms with Crippen LogP contribution in [0.5, 0.6) is 0 Å². The fraction of sp³-hybridized carbons (Fsp3) is 0.300. The number of aliphatic hydroxyl groups is 2. The van der Waals surface area contributed by atoms with Crippen molar-refractivity contribution < 1.29 is 33.8 Å². The molecule has 0 aromatic carbocycles. The number of phosphoric acid groups is 1. The van der Waals surface area contributed by atoms with Gasteiger partial charge in [0.1, 0.15) is 18.3 Å². The highest BCUT2D eigenvalue weighted by atomic mass is 31.2. The highest BCUT2D eigenvalue weighted by Crippen LogP contribution is 2.38. The zero-order valence-corrected chi connectivity index (χ0v) is 18.4. The van der Waals surface area contributed by atoms with Crippen molar-refractivity contribution in [1.29, 1.82) is 0 Å². The van der Waals surface area contributed by atoms with Crippen LogP contribution >= 0.6 is 7.82 Å². The molecule has 1 fully saturated rings. The van der Waals surface area contributed by atoms with Crippen molar-refractivity contribution >= 4 is 7.82 Å². The van der Waals surface area contributed by atoms with Crippen LogP contribution in [0.15, 0.2) is 64.6 Å². The molecule has 180 valence electrons. The zero-order valence-electron chi connectivity index (χ0n) is 17.5. The Morgan fingerprint density at radius 2 is 1.85 bits per heavy atom. The number of rotatable bonds is 7. The molecule has 0 saturated carbocycles. The molecule has 1 saturated heterocycles. The van der Waals surface area contributed by atoms with Crippen LogP contribution in [0, 0.1) is 0 Å². The van der Waals surface area contributed by atoms with Crippen LogP contribution in [0.25, 0.3) is 11.3 Å². The number of aliphatic hydroxyl groups excluding tert-OH is 2. The molecule has 4 atom stereocenters. The first-order valence-corrected chi connectivity index (χ1v) is 11.6. The second-order valence-electron chi connectivity index (χ2n) is 7.51. The second kappa shape index (κ2) is 9.68. The SMILES string of the molecule is O=c1ccn([C@@H]2O[C@H](COP(=O)(O)O)[C@H](O)C2O)c(=O)n1Cc1cc(-c2ccccn2)ccn1. The van der Waals surface area contributed by atoms with E-state index in [1.807, 2.05) is 6.07 Å². The van der Waals surface area contributed by atoms with E-state index in [1.165, 1.54) is 6.20 Å². The summed E-state index contributed by atoms with van der Waals surface area (Å²) in [6, 6.07) is 9.91. The van der Waals surface area contributed by atoms with E-state index in [4.69, 9.17) is 14.5 Å². The zero-order chi connectivity index (χ0) is 24.5. The first-order valence-electron chi connectivity index (χ1n) is 10.0. The van der Waals surface area contributed by atoms with Gasteiger partial charge in [-0.2, -0.15) is 0 Å². The van der Waals surface area contributed by atoms with Gasteiger partial charge in [0.05, 0.1) is 24.5 Å². The average Bonchev–Trinajstić information content (AvgIpc) is 3.09. The highest BCUT2D eigenvalue weighted by molar-refractivity contribution is 7.46. The van der Waals surface area contributed by atoms with Crippen molar-refractivity contribution in [3.63, 3.8) is 0 Å². The van der Waals surface area contributed by atoms with Crippen LogP contribution in [-0.2, 0) is 20.4 Å². The Labute approximate surface area is 191 Å². The van der Waals surface area contributed by atoms with Crippen LogP contribution in [0.4, 0.5) is 0 Å². The Hall–Kier alpha value is -3.03. The Morgan fingerprint density at radius 1 is 1.06 bits per heavy atom. The van der Waals surface area contributed by atoms with Gasteiger partial charge in [0.25, 0.3) is 5.56 Å². The van der Waals surface area contributed by atoms with Crippen molar-refractivity contribution in [2.45, 2.75) is 31.1 Å². The molecule has 4 heterocycles. The fourth-order valence-corrected chi connectivity index (χ4v) is 3.90. The Bertz CT molecular complexity index is 1320. The molecule has 1 unspecified atom stereocenters. The van der Waals surface area contributed by atoms with Crippen molar-refractivity contribution in [1.82, 2.24) is 19.1 Å². The van der Waals surface area contributed by atoms with Crippen LogP contribution in [-0.4, -0.2) is 64.0 Å². The van der Waals surface area contributed by atoms with Crippen LogP contribution in [0.1, 0.15) is 11.9 Å². The largest absolute Gasteiger partial charge is 0.469 e. The Kier molecular flexibility index (Phi) is 6.86. The minimum absolute atomic E-state index is 0.185. The molecule has 3 aromatic rings. The molecule has 0 aliphatic carbocycles. The Balaban J connectivity index is 1.60. The quantitative estimate of drug-likeness (QED) is 0.304. The highest BCUT2D eigenvalue weighted by Gasteiger charge is 2.45. The van der Waals surface area contributed by atoms with Crippen LogP contribution < -0.4 is 11.2 Å². The van der Waals surface area contributed by atoms with Gasteiger partial charge in [0.2, 0.25) is 0 Å². The maximum absolute atomic E-state index is 13.1. The van der Waals surface area contributed by atoms with Crippen LogP contribution in [0.2, 0.25) is 0 Å². The van der Waals surface area contributed by atoms with E-state index in [2.05, 4.69) is 14.5 Å². The summed E-state index contributed by atoms with van der Waals surface area (Å²) in [5.41, 5.74) is 0.358. The van der Waals surface area contributed by atoms with Gasteiger partial charge in [-0.3, -0.25) is 28.4 Å². The third-order valence-corrected chi connectivity index (χ3v) is 5.70. The first kappa shape index (κ1) is 24.1. The Morgan fingerprint density at radius 3 is 2.56 bits per heavy atom. The molecule has 4 rings (SSSR count). The van der Waals surface area contributed by atoms with Crippen LogP contribution in [0.3, 0.4) is 0 Å². The molecule has 14 heteroatoms. The molecule has 0 bridgehead atoms. The average molecular weight is 492 g/mol. The van der Waals surface area contributed by atoms with Gasteiger partial charge in [0.15, 0.2) is 6.23 Å². The minimum Gasteiger partial charge on any atom is -0.387 e. The van der Waals surface area contributed by atoms with Gasteiger partial charge >= 0.3 is 13.5 Å². The lowest BCUT2D eigenvalue weighted by Crippen LogP contribution is -2.43. The summed E-state index contributed by atoms with van der Waals surface area (Å²) in [5, 5.41) is 20.5. The fourth-order valence-electron chi connectivity index (χ4n) is 3.56. The summed E-state index contributed by atoms with van der Waals surface area (Å²) in [4.78, 5) is 51.7. The van der Waals surface area contributed by atoms with Crippen molar-refractivity contribution in [3.8, 4) is 11.3 Å². The van der Waals surface area contributed by atoms with E-state index in [0.717, 1.165) is 27.0 Å². The molecular weight excluding hydrogens is 471 g/mol. The molecule has 13 nitrogen and oxygen atoms in total. The van der Waals surface area contributed by atoms with E-state index in [0.29, 0.717) is 11.4 Å². The van der Waals surface area contributed by atoms with Crippen molar-refractivity contribution in [2.24, 2.45) is 0 Å². The summed E-state index contributed by atoms with van der Waals surface area (Å²) in [7, 11) is -4.84. The monoisotopic (exact) mass is 492 g/mol. The van der Waals surface area contributed by atoms with E-state index in [-0.39, 0.29) is 6.54 Å². The minimum atomic E-state index is -4.84. The summed E-state index contributed by atoms with van der Waals surface area (Å²) in [6.45, 7) is -0.910. The number of pyridine rings is 2. The van der Waals surface area contributed by atoms with Crippen molar-refractivity contribution in [3.05, 3.63) is 81.5 Å². The number of hydrogen-bond acceptors (Lipinski definition) is 9. The number of aromatic nitrogens is 4. The lowest BCUT2D eigenvalue weighted by molar-refractivity contribution is -0.0548. The molecule has 1 aliphatic rings. The lowest BCUT2D eigenvalue weighted by atomic mass is 10.1. The molecule has 3 aromatic heterocycles. The van der Waals surface area contributed by atoms with Gasteiger partial charge in [-0.1, -0.05) is 6.07 Å². The number of nitrogens with zero attached hydrogens (tertiary/aromatic N) is 4. The topological polar surface area (TPSA) is 186 Å². The van der Waals surface area contributed by atoms with E-state index >= 15 is 0 Å². The van der Waals surface area contributed by atoms with E-state index in [9.17, 15) is 24.4 Å². The number of phosphoric ester groups is 1. The third kappa shape index (κ3) is 5.21. The molecule has 34 heavy (non-hydrogen) atoms. The van der Waals surface area contributed by atoms with E-state index in [1.54, 1.807) is 30.5 Å². The van der Waals surface area contributed by atoms with Gasteiger partial charge in [-0.25, -0.2) is 9.36 Å². The van der Waals surface area contributed by atoms with Gasteiger partial charge in [-0.15, -0.1) is 0 Å². The lowest BCUT2D eigenvalue weighted by Gasteiger charge is -2.18. The molecule has 4 N–H and O–H groups in total. The van der Waals surface area contributed by atoms with Gasteiger partial charge < -0.3 is 24.7 Å².